The van der Waals surface area contributed by atoms with Crippen molar-refractivity contribution in [1.82, 2.24) is 10.6 Å². The Labute approximate surface area is 298 Å². The quantitative estimate of drug-likeness (QED) is 0.0295. The maximum Gasteiger partial charge on any atom is 0.328 e. The highest BCUT2D eigenvalue weighted by Crippen LogP contribution is 2.15. The van der Waals surface area contributed by atoms with Gasteiger partial charge in [-0.2, -0.15) is 0 Å². The molecular formula is C40H72N2O7. The van der Waals surface area contributed by atoms with Crippen LogP contribution < -0.4 is 10.6 Å². The topological polar surface area (TPSA) is 142 Å². The highest BCUT2D eigenvalue weighted by molar-refractivity contribution is 5.87. The van der Waals surface area contributed by atoms with Gasteiger partial charge < -0.3 is 25.6 Å². The first-order chi connectivity index (χ1) is 23.8. The molecule has 9 heteroatoms. The molecule has 0 aromatic heterocycles. The van der Waals surface area contributed by atoms with Gasteiger partial charge in [-0.3, -0.25) is 14.4 Å². The van der Waals surface area contributed by atoms with Crippen molar-refractivity contribution >= 4 is 23.8 Å². The minimum Gasteiger partial charge on any atom is -0.480 e. The fourth-order valence-corrected chi connectivity index (χ4v) is 5.56. The van der Waals surface area contributed by atoms with Gasteiger partial charge in [-0.25, -0.2) is 4.79 Å². The van der Waals surface area contributed by atoms with Crippen LogP contribution in [0.25, 0.3) is 0 Å². The summed E-state index contributed by atoms with van der Waals surface area (Å²) >= 11 is 0. The van der Waals surface area contributed by atoms with Crippen LogP contribution in [0, 0.1) is 0 Å². The van der Waals surface area contributed by atoms with Crippen molar-refractivity contribution in [2.75, 3.05) is 13.2 Å². The molecule has 0 spiro atoms. The Morgan fingerprint density at radius 3 is 1.67 bits per heavy atom. The number of carboxylic acids is 1. The molecule has 2 unspecified atom stereocenters. The molecule has 2 atom stereocenters. The number of unbranched alkanes of at least 4 members (excludes halogenated alkanes) is 19. The number of hydrogen-bond donors (Lipinski definition) is 4. The van der Waals surface area contributed by atoms with E-state index in [9.17, 15) is 19.2 Å². The van der Waals surface area contributed by atoms with Crippen LogP contribution in [0.4, 0.5) is 0 Å². The van der Waals surface area contributed by atoms with Crippen LogP contribution in [-0.4, -0.2) is 59.3 Å². The van der Waals surface area contributed by atoms with E-state index >= 15 is 0 Å². The number of hydrogen-bond acceptors (Lipinski definition) is 6. The van der Waals surface area contributed by atoms with Gasteiger partial charge in [-0.15, -0.1) is 0 Å². The summed E-state index contributed by atoms with van der Waals surface area (Å²) in [4.78, 5) is 47.3. The lowest BCUT2D eigenvalue weighted by atomic mass is 10.1. The van der Waals surface area contributed by atoms with Crippen molar-refractivity contribution in [2.24, 2.45) is 0 Å². The normalized spacial score (nSPS) is 12.7. The molecular weight excluding hydrogens is 620 g/mol. The predicted octanol–water partition coefficient (Wildman–Crippen LogP) is 8.87. The number of allylic oxidation sites excluding steroid dienone is 3. The molecule has 0 rings (SSSR count). The number of carboxylic acid groups (broad SMARTS) is 1. The van der Waals surface area contributed by atoms with E-state index in [0.29, 0.717) is 12.8 Å². The minimum atomic E-state index is -1.39. The highest BCUT2D eigenvalue weighted by Gasteiger charge is 2.18. The molecule has 0 aliphatic carbocycles. The molecule has 0 saturated carbocycles. The Bertz CT molecular complexity index is 890. The molecule has 0 radical (unpaired) electrons. The van der Waals surface area contributed by atoms with E-state index < -0.39 is 24.5 Å². The Hall–Kier alpha value is -2.68. The third-order valence-corrected chi connectivity index (χ3v) is 8.66. The smallest absolute Gasteiger partial charge is 0.328 e. The molecule has 0 heterocycles. The lowest BCUT2D eigenvalue weighted by Crippen LogP contribution is -2.47. The van der Waals surface area contributed by atoms with E-state index in [1.165, 1.54) is 83.5 Å². The molecule has 0 bridgehead atoms. The van der Waals surface area contributed by atoms with Gasteiger partial charge in [-0.05, 0) is 70.3 Å². The standard InChI is InChI=1S/C40H72N2O7/c1-3-5-7-9-11-12-13-14-15-16-17-18-19-20-22-28-32-39(46)49-35(29-25-21-10-8-6-4-2)30-26-23-24-27-31-37(44)41-33-38(45)42-36(34-43)40(47)48/h15-16,25,29,35-36,43H,3-14,17-24,26-28,30-34H2,1-2H3,(H,41,44)(H,42,45)(H,47,48)/b16-15-,29-25-. The first kappa shape index (κ1) is 46.3. The Kier molecular flexibility index (Phi) is 33.2. The van der Waals surface area contributed by atoms with Crippen molar-refractivity contribution in [3.8, 4) is 0 Å². The molecule has 0 aromatic carbocycles. The monoisotopic (exact) mass is 693 g/mol. The van der Waals surface area contributed by atoms with Gasteiger partial charge in [0.25, 0.3) is 0 Å². The zero-order valence-electron chi connectivity index (χ0n) is 31.2. The summed E-state index contributed by atoms with van der Waals surface area (Å²) in [6, 6.07) is -1.39. The zero-order valence-corrected chi connectivity index (χ0v) is 31.2. The number of esters is 1. The van der Waals surface area contributed by atoms with Gasteiger partial charge >= 0.3 is 11.9 Å². The van der Waals surface area contributed by atoms with Gasteiger partial charge in [0, 0.05) is 12.8 Å². The minimum absolute atomic E-state index is 0.122. The molecule has 9 nitrogen and oxygen atoms in total. The number of rotatable bonds is 35. The number of carbonyl (C=O) groups excluding carboxylic acids is 3. The molecule has 49 heavy (non-hydrogen) atoms. The van der Waals surface area contributed by atoms with E-state index in [4.69, 9.17) is 14.9 Å². The molecule has 0 saturated heterocycles. The molecule has 0 aliphatic rings. The second-order valence-corrected chi connectivity index (χ2v) is 13.4. The Morgan fingerprint density at radius 2 is 1.10 bits per heavy atom. The summed E-state index contributed by atoms with van der Waals surface area (Å²) < 4.78 is 5.86. The van der Waals surface area contributed by atoms with Gasteiger partial charge in [0.2, 0.25) is 11.8 Å². The van der Waals surface area contributed by atoms with Crippen molar-refractivity contribution in [2.45, 2.75) is 193 Å². The van der Waals surface area contributed by atoms with Gasteiger partial charge in [0.1, 0.15) is 12.1 Å². The number of aliphatic carboxylic acids is 1. The summed E-state index contributed by atoms with van der Waals surface area (Å²) in [7, 11) is 0. The Morgan fingerprint density at radius 1 is 0.612 bits per heavy atom. The lowest BCUT2D eigenvalue weighted by molar-refractivity contribution is -0.147. The van der Waals surface area contributed by atoms with E-state index in [2.05, 4.69) is 48.8 Å². The summed E-state index contributed by atoms with van der Waals surface area (Å²) in [5, 5.41) is 22.5. The number of amides is 2. The summed E-state index contributed by atoms with van der Waals surface area (Å²) in [5.41, 5.74) is 0. The molecule has 284 valence electrons. The van der Waals surface area contributed by atoms with E-state index in [-0.39, 0.29) is 30.9 Å². The summed E-state index contributed by atoms with van der Waals surface area (Å²) in [6.07, 6.45) is 36.6. The van der Waals surface area contributed by atoms with Crippen LogP contribution in [0.3, 0.4) is 0 Å². The summed E-state index contributed by atoms with van der Waals surface area (Å²) in [6.45, 7) is 3.41. The lowest BCUT2D eigenvalue weighted by Gasteiger charge is -2.15. The number of nitrogens with one attached hydrogen (secondary N) is 2. The first-order valence-corrected chi connectivity index (χ1v) is 19.7. The van der Waals surface area contributed by atoms with Gasteiger partial charge in [0.05, 0.1) is 13.2 Å². The second-order valence-electron chi connectivity index (χ2n) is 13.4. The van der Waals surface area contributed by atoms with Crippen molar-refractivity contribution < 1.29 is 34.1 Å². The number of aliphatic hydroxyl groups excluding tert-OH is 1. The van der Waals surface area contributed by atoms with Crippen molar-refractivity contribution in [3.05, 3.63) is 24.3 Å². The fourth-order valence-electron chi connectivity index (χ4n) is 5.56. The maximum atomic E-state index is 12.6. The van der Waals surface area contributed by atoms with Crippen LogP contribution in [0.15, 0.2) is 24.3 Å². The Balaban J connectivity index is 4.18. The highest BCUT2D eigenvalue weighted by atomic mass is 16.5. The largest absolute Gasteiger partial charge is 0.480 e. The number of aliphatic hydroxyl groups is 1. The average Bonchev–Trinajstić information content (AvgIpc) is 3.08. The van der Waals surface area contributed by atoms with Crippen LogP contribution in [-0.2, 0) is 23.9 Å². The SMILES string of the molecule is CCCCCC/C=C\C(CCCCCCC(=O)NCC(=O)NC(CO)C(=O)O)OC(=O)CCCCCCC/C=C\CCCCCCCCC. The van der Waals surface area contributed by atoms with Crippen LogP contribution in [0.1, 0.15) is 181 Å². The third kappa shape index (κ3) is 32.3. The average molecular weight is 693 g/mol. The van der Waals surface area contributed by atoms with Crippen LogP contribution in [0.5, 0.6) is 0 Å². The number of carbonyl (C=O) groups is 4. The number of ether oxygens (including phenoxy) is 1. The molecule has 0 aromatic rings. The van der Waals surface area contributed by atoms with Gasteiger partial charge in [-0.1, -0.05) is 122 Å². The maximum absolute atomic E-state index is 12.6. The third-order valence-electron chi connectivity index (χ3n) is 8.66. The predicted molar refractivity (Wildman–Crippen MR) is 199 cm³/mol. The van der Waals surface area contributed by atoms with Crippen molar-refractivity contribution in [1.29, 1.82) is 0 Å². The van der Waals surface area contributed by atoms with Crippen LogP contribution >= 0.6 is 0 Å². The molecule has 2 amide bonds. The molecule has 4 N–H and O–H groups in total. The molecule has 0 aliphatic heterocycles. The zero-order chi connectivity index (χ0) is 36.2. The summed E-state index contributed by atoms with van der Waals surface area (Å²) in [5.74, 6) is -2.41. The van der Waals surface area contributed by atoms with Crippen molar-refractivity contribution in [3.63, 3.8) is 0 Å². The first-order valence-electron chi connectivity index (χ1n) is 19.7. The van der Waals surface area contributed by atoms with Gasteiger partial charge in [0.15, 0.2) is 0 Å². The second kappa shape index (κ2) is 35.2. The van der Waals surface area contributed by atoms with E-state index in [1.54, 1.807) is 0 Å². The van der Waals surface area contributed by atoms with E-state index in [1.807, 2.05) is 0 Å². The fraction of sp³-hybridized carbons (Fsp3) is 0.800. The van der Waals surface area contributed by atoms with E-state index in [0.717, 1.165) is 64.2 Å². The molecule has 0 fully saturated rings. The van der Waals surface area contributed by atoms with Crippen LogP contribution in [0.2, 0.25) is 0 Å².